The Labute approximate surface area is 151 Å². The Morgan fingerprint density at radius 2 is 1.80 bits per heavy atom. The molecule has 0 aliphatic carbocycles. The van der Waals surface area contributed by atoms with Gasteiger partial charge in [-0.1, -0.05) is 29.5 Å². The van der Waals surface area contributed by atoms with Gasteiger partial charge in [-0.2, -0.15) is 0 Å². The second-order valence-corrected chi connectivity index (χ2v) is 7.60. The van der Waals surface area contributed by atoms with Crippen molar-refractivity contribution in [2.45, 2.75) is 6.92 Å². The van der Waals surface area contributed by atoms with Crippen LogP contribution in [0, 0.1) is 0 Å². The third-order valence-corrected chi connectivity index (χ3v) is 5.63. The quantitative estimate of drug-likeness (QED) is 0.550. The topological polar surface area (TPSA) is 71.1 Å². The molecule has 0 aliphatic rings. The van der Waals surface area contributed by atoms with Crippen LogP contribution in [-0.2, 0) is 4.79 Å². The zero-order chi connectivity index (χ0) is 17.4. The normalized spacial score (nSPS) is 10.9. The molecule has 4 aromatic rings. The van der Waals surface area contributed by atoms with E-state index in [1.807, 2.05) is 42.5 Å². The Morgan fingerprint density at radius 1 is 0.960 bits per heavy atom. The van der Waals surface area contributed by atoms with E-state index >= 15 is 0 Å². The molecule has 0 unspecified atom stereocenters. The first kappa shape index (κ1) is 15.7. The smallest absolute Gasteiger partial charge is 0.267 e. The van der Waals surface area contributed by atoms with Crippen LogP contribution in [0.1, 0.15) is 16.6 Å². The highest BCUT2D eigenvalue weighted by molar-refractivity contribution is 7.23. The van der Waals surface area contributed by atoms with Gasteiger partial charge in [0.1, 0.15) is 0 Å². The lowest BCUT2D eigenvalue weighted by Crippen LogP contribution is -2.09. The summed E-state index contributed by atoms with van der Waals surface area (Å²) in [6.45, 7) is 1.47. The van der Waals surface area contributed by atoms with Crippen LogP contribution >= 0.6 is 22.7 Å². The number of carbonyl (C=O) groups excluding carboxylic acids is 2. The molecular formula is C18H13N3O2S2. The third kappa shape index (κ3) is 3.24. The zero-order valence-electron chi connectivity index (χ0n) is 13.2. The Morgan fingerprint density at radius 3 is 2.60 bits per heavy atom. The second kappa shape index (κ2) is 6.27. The number of hydrogen-bond donors (Lipinski definition) is 2. The molecule has 0 fully saturated rings. The molecule has 2 N–H and O–H groups in total. The number of anilines is 2. The molecule has 2 heterocycles. The number of aromatic nitrogens is 1. The number of amides is 2. The summed E-state index contributed by atoms with van der Waals surface area (Å²) in [6, 6.07) is 15.3. The summed E-state index contributed by atoms with van der Waals surface area (Å²) in [7, 11) is 0. The highest BCUT2D eigenvalue weighted by atomic mass is 32.1. The number of nitrogens with one attached hydrogen (secondary N) is 2. The Bertz CT molecular complexity index is 1080. The van der Waals surface area contributed by atoms with Gasteiger partial charge >= 0.3 is 0 Å². The summed E-state index contributed by atoms with van der Waals surface area (Å²) in [5.41, 5.74) is 1.50. The molecule has 2 aromatic carbocycles. The molecule has 7 heteroatoms. The van der Waals surface area contributed by atoms with Gasteiger partial charge in [-0.15, -0.1) is 11.3 Å². The number of carbonyl (C=O) groups is 2. The molecule has 4 rings (SSSR count). The van der Waals surface area contributed by atoms with E-state index in [2.05, 4.69) is 15.6 Å². The van der Waals surface area contributed by atoms with Crippen molar-refractivity contribution in [2.75, 3.05) is 10.6 Å². The Hall–Kier alpha value is -2.77. The standard InChI is InChI=1S/C18H13N3O2S2/c1-10(22)19-12-6-7-13-15(9-12)25-18(20-13)21-17(23)16-8-11-4-2-3-5-14(11)24-16/h2-9H,1H3,(H,19,22)(H,20,21,23). The summed E-state index contributed by atoms with van der Waals surface area (Å²) in [6.07, 6.45) is 0. The number of thiazole rings is 1. The van der Waals surface area contributed by atoms with E-state index in [-0.39, 0.29) is 11.8 Å². The predicted octanol–water partition coefficient (Wildman–Crippen LogP) is 4.72. The van der Waals surface area contributed by atoms with Gasteiger partial charge in [-0.05, 0) is 35.7 Å². The minimum Gasteiger partial charge on any atom is -0.326 e. The molecule has 25 heavy (non-hydrogen) atoms. The van der Waals surface area contributed by atoms with Crippen LogP contribution < -0.4 is 10.6 Å². The number of fused-ring (bicyclic) bond motifs is 2. The summed E-state index contributed by atoms with van der Waals surface area (Å²) in [5.74, 6) is -0.288. The van der Waals surface area contributed by atoms with Gasteiger partial charge < -0.3 is 5.32 Å². The Balaban J connectivity index is 1.59. The van der Waals surface area contributed by atoms with Crippen molar-refractivity contribution in [2.24, 2.45) is 0 Å². The van der Waals surface area contributed by atoms with Crippen molar-refractivity contribution in [1.82, 2.24) is 4.98 Å². The average Bonchev–Trinajstić information content (AvgIpc) is 3.16. The van der Waals surface area contributed by atoms with Crippen molar-refractivity contribution in [3.63, 3.8) is 0 Å². The van der Waals surface area contributed by atoms with Crippen LogP contribution in [-0.4, -0.2) is 16.8 Å². The lowest BCUT2D eigenvalue weighted by molar-refractivity contribution is -0.114. The molecule has 5 nitrogen and oxygen atoms in total. The van der Waals surface area contributed by atoms with Gasteiger partial charge in [-0.3, -0.25) is 14.9 Å². The van der Waals surface area contributed by atoms with E-state index in [1.54, 1.807) is 6.07 Å². The fourth-order valence-electron chi connectivity index (χ4n) is 2.51. The fourth-order valence-corrected chi connectivity index (χ4v) is 4.37. The van der Waals surface area contributed by atoms with Gasteiger partial charge in [0.25, 0.3) is 5.91 Å². The molecule has 0 atom stereocenters. The van der Waals surface area contributed by atoms with Crippen LogP contribution in [0.25, 0.3) is 20.3 Å². The van der Waals surface area contributed by atoms with Crippen molar-refractivity contribution < 1.29 is 9.59 Å². The average molecular weight is 367 g/mol. The van der Waals surface area contributed by atoms with Crippen molar-refractivity contribution in [3.05, 3.63) is 53.4 Å². The molecule has 0 saturated heterocycles. The highest BCUT2D eigenvalue weighted by Gasteiger charge is 2.13. The molecule has 0 radical (unpaired) electrons. The maximum absolute atomic E-state index is 12.5. The van der Waals surface area contributed by atoms with Gasteiger partial charge in [-0.25, -0.2) is 4.98 Å². The van der Waals surface area contributed by atoms with E-state index in [4.69, 9.17) is 0 Å². The molecule has 0 spiro atoms. The molecule has 124 valence electrons. The number of thiophene rings is 1. The minimum atomic E-state index is -0.164. The zero-order valence-corrected chi connectivity index (χ0v) is 14.8. The molecule has 0 bridgehead atoms. The van der Waals surface area contributed by atoms with Crippen molar-refractivity contribution in [1.29, 1.82) is 0 Å². The number of rotatable bonds is 3. The number of nitrogens with zero attached hydrogens (tertiary/aromatic N) is 1. The first-order valence-corrected chi connectivity index (χ1v) is 9.20. The SMILES string of the molecule is CC(=O)Nc1ccc2nc(NC(=O)c3cc4ccccc4s3)sc2c1. The second-order valence-electron chi connectivity index (χ2n) is 5.49. The number of hydrogen-bond acceptors (Lipinski definition) is 5. The Kier molecular flexibility index (Phi) is 3.95. The van der Waals surface area contributed by atoms with Gasteiger partial charge in [0, 0.05) is 17.3 Å². The lowest BCUT2D eigenvalue weighted by Gasteiger charge is -1.99. The van der Waals surface area contributed by atoms with Crippen LogP contribution in [0.2, 0.25) is 0 Å². The van der Waals surface area contributed by atoms with E-state index in [0.29, 0.717) is 15.7 Å². The van der Waals surface area contributed by atoms with E-state index in [0.717, 1.165) is 20.3 Å². The largest absolute Gasteiger partial charge is 0.326 e. The lowest BCUT2D eigenvalue weighted by atomic mass is 10.2. The molecule has 2 amide bonds. The molecular weight excluding hydrogens is 354 g/mol. The predicted molar refractivity (Wildman–Crippen MR) is 104 cm³/mol. The monoisotopic (exact) mass is 367 g/mol. The molecule has 0 aliphatic heterocycles. The highest BCUT2D eigenvalue weighted by Crippen LogP contribution is 2.30. The van der Waals surface area contributed by atoms with Crippen LogP contribution in [0.4, 0.5) is 10.8 Å². The molecule has 2 aromatic heterocycles. The van der Waals surface area contributed by atoms with E-state index in [1.165, 1.54) is 29.6 Å². The summed E-state index contributed by atoms with van der Waals surface area (Å²) in [4.78, 5) is 28.7. The summed E-state index contributed by atoms with van der Waals surface area (Å²) < 4.78 is 1.98. The first-order valence-electron chi connectivity index (χ1n) is 7.56. The summed E-state index contributed by atoms with van der Waals surface area (Å²) in [5, 5.41) is 7.20. The van der Waals surface area contributed by atoms with Gasteiger partial charge in [0.2, 0.25) is 5.91 Å². The van der Waals surface area contributed by atoms with Crippen LogP contribution in [0.15, 0.2) is 48.5 Å². The van der Waals surface area contributed by atoms with E-state index in [9.17, 15) is 9.59 Å². The van der Waals surface area contributed by atoms with Crippen molar-refractivity contribution >= 4 is 65.6 Å². The molecule has 0 saturated carbocycles. The summed E-state index contributed by atoms with van der Waals surface area (Å²) >= 11 is 2.84. The van der Waals surface area contributed by atoms with Gasteiger partial charge in [0.15, 0.2) is 5.13 Å². The maximum atomic E-state index is 12.5. The van der Waals surface area contributed by atoms with Gasteiger partial charge in [0.05, 0.1) is 15.1 Å². The first-order chi connectivity index (χ1) is 12.1. The van der Waals surface area contributed by atoms with Crippen molar-refractivity contribution in [3.8, 4) is 0 Å². The van der Waals surface area contributed by atoms with Crippen LogP contribution in [0.3, 0.4) is 0 Å². The fraction of sp³-hybridized carbons (Fsp3) is 0.0556. The maximum Gasteiger partial charge on any atom is 0.267 e. The number of benzene rings is 2. The minimum absolute atomic E-state index is 0.123. The third-order valence-electron chi connectivity index (χ3n) is 3.58. The van der Waals surface area contributed by atoms with E-state index < -0.39 is 0 Å². The van der Waals surface area contributed by atoms with Crippen LogP contribution in [0.5, 0.6) is 0 Å².